The number of carbonyl (C=O) groups excluding carboxylic acids is 1. The van der Waals surface area contributed by atoms with E-state index >= 15 is 0 Å². The van der Waals surface area contributed by atoms with E-state index in [1.807, 2.05) is 67.6 Å². The highest BCUT2D eigenvalue weighted by molar-refractivity contribution is 14.1. The lowest BCUT2D eigenvalue weighted by molar-refractivity contribution is 0.0951. The molecule has 0 spiro atoms. The highest BCUT2D eigenvalue weighted by Gasteiger charge is 2.15. The zero-order valence-electron chi connectivity index (χ0n) is 18.9. The number of rotatable bonds is 4. The van der Waals surface area contributed by atoms with E-state index in [9.17, 15) is 4.79 Å². The SMILES string of the molecule is Cc1ccc(-c2ccc(C(=O)NC(=S)Nc3ccc4oc(-c5cccc(I)c5)nc4c3)o2)cc1C. The average Bonchev–Trinajstić information content (AvgIpc) is 3.48. The van der Waals surface area contributed by atoms with Crippen LogP contribution < -0.4 is 10.6 Å². The molecule has 6 nitrogen and oxygen atoms in total. The molecule has 0 unspecified atom stereocenters. The molecule has 174 valence electrons. The zero-order chi connectivity index (χ0) is 24.5. The van der Waals surface area contributed by atoms with Gasteiger partial charge in [0.05, 0.1) is 0 Å². The Balaban J connectivity index is 1.26. The van der Waals surface area contributed by atoms with E-state index in [4.69, 9.17) is 21.1 Å². The number of nitrogens with zero attached hydrogens (tertiary/aromatic N) is 1. The van der Waals surface area contributed by atoms with Crippen LogP contribution in [0.4, 0.5) is 5.69 Å². The normalized spacial score (nSPS) is 10.9. The number of hydrogen-bond acceptors (Lipinski definition) is 5. The Hall–Kier alpha value is -3.50. The molecule has 2 heterocycles. The van der Waals surface area contributed by atoms with Crippen molar-refractivity contribution in [1.82, 2.24) is 10.3 Å². The number of furan rings is 1. The third-order valence-electron chi connectivity index (χ3n) is 5.57. The Bertz CT molecular complexity index is 1590. The van der Waals surface area contributed by atoms with E-state index in [1.165, 1.54) is 5.56 Å². The van der Waals surface area contributed by atoms with Crippen molar-refractivity contribution < 1.29 is 13.6 Å². The van der Waals surface area contributed by atoms with Gasteiger partial charge in [0.25, 0.3) is 5.91 Å². The maximum absolute atomic E-state index is 12.7. The van der Waals surface area contributed by atoms with Gasteiger partial charge < -0.3 is 14.2 Å². The second-order valence-corrected chi connectivity index (χ2v) is 9.74. The van der Waals surface area contributed by atoms with Crippen molar-refractivity contribution in [3.05, 3.63) is 93.3 Å². The number of anilines is 1. The van der Waals surface area contributed by atoms with Crippen LogP contribution in [-0.2, 0) is 0 Å². The predicted octanol–water partition coefficient (Wildman–Crippen LogP) is 7.10. The minimum Gasteiger partial charge on any atom is -0.451 e. The van der Waals surface area contributed by atoms with Crippen LogP contribution in [0.5, 0.6) is 0 Å². The maximum atomic E-state index is 12.7. The van der Waals surface area contributed by atoms with Gasteiger partial charge in [-0.1, -0.05) is 18.2 Å². The van der Waals surface area contributed by atoms with E-state index in [0.29, 0.717) is 28.4 Å². The van der Waals surface area contributed by atoms with Gasteiger partial charge in [0.15, 0.2) is 16.5 Å². The van der Waals surface area contributed by atoms with Crippen LogP contribution in [0.3, 0.4) is 0 Å². The van der Waals surface area contributed by atoms with Crippen molar-refractivity contribution >= 4 is 62.6 Å². The van der Waals surface area contributed by atoms with E-state index < -0.39 is 5.91 Å². The molecule has 35 heavy (non-hydrogen) atoms. The van der Waals surface area contributed by atoms with Gasteiger partial charge in [0.1, 0.15) is 11.3 Å². The summed E-state index contributed by atoms with van der Waals surface area (Å²) in [5.41, 5.74) is 6.20. The molecule has 0 bridgehead atoms. The molecule has 0 radical (unpaired) electrons. The first-order valence-corrected chi connectivity index (χ1v) is 12.3. The van der Waals surface area contributed by atoms with Crippen molar-refractivity contribution in [3.8, 4) is 22.8 Å². The average molecular weight is 593 g/mol. The summed E-state index contributed by atoms with van der Waals surface area (Å²) in [6, 6.07) is 22.8. The Labute approximate surface area is 220 Å². The zero-order valence-corrected chi connectivity index (χ0v) is 21.9. The van der Waals surface area contributed by atoms with E-state index in [-0.39, 0.29) is 10.9 Å². The predicted molar refractivity (Wildman–Crippen MR) is 149 cm³/mol. The summed E-state index contributed by atoms with van der Waals surface area (Å²) in [6.45, 7) is 4.09. The number of benzene rings is 3. The molecule has 0 saturated carbocycles. The topological polar surface area (TPSA) is 80.3 Å². The standard InChI is InChI=1S/C27H20IN3O3S/c1-15-6-7-17(12-16(15)2)22-10-11-24(33-22)25(32)31-27(35)29-20-8-9-23-21(14-20)30-26(34-23)18-4-3-5-19(28)13-18/h3-14H,1-2H3,(H2,29,31,32,35). The van der Waals surface area contributed by atoms with Crippen molar-refractivity contribution in [2.75, 3.05) is 5.32 Å². The number of oxazole rings is 1. The molecule has 3 aromatic carbocycles. The second kappa shape index (κ2) is 9.63. The summed E-state index contributed by atoms with van der Waals surface area (Å²) >= 11 is 7.59. The number of carbonyl (C=O) groups is 1. The van der Waals surface area contributed by atoms with Gasteiger partial charge in [-0.2, -0.15) is 0 Å². The van der Waals surface area contributed by atoms with E-state index in [0.717, 1.165) is 20.3 Å². The molecule has 5 aromatic rings. The molecule has 0 atom stereocenters. The maximum Gasteiger partial charge on any atom is 0.293 e. The molecule has 0 aliphatic carbocycles. The fraction of sp³-hybridized carbons (Fsp3) is 0.0741. The molecule has 2 N–H and O–H groups in total. The number of halogens is 1. The Kier molecular flexibility index (Phi) is 6.40. The summed E-state index contributed by atoms with van der Waals surface area (Å²) in [5.74, 6) is 0.916. The third kappa shape index (κ3) is 5.13. The van der Waals surface area contributed by atoms with Gasteiger partial charge in [-0.3, -0.25) is 10.1 Å². The van der Waals surface area contributed by atoms with Gasteiger partial charge in [-0.15, -0.1) is 0 Å². The first-order valence-electron chi connectivity index (χ1n) is 10.8. The van der Waals surface area contributed by atoms with Crippen LogP contribution in [0.15, 0.2) is 81.6 Å². The molecule has 0 aliphatic rings. The molecule has 0 aliphatic heterocycles. The number of thiocarbonyl (C=S) groups is 1. The summed E-state index contributed by atoms with van der Waals surface area (Å²) < 4.78 is 12.8. The van der Waals surface area contributed by atoms with Crippen molar-refractivity contribution in [2.24, 2.45) is 0 Å². The van der Waals surface area contributed by atoms with Crippen molar-refractivity contribution in [2.45, 2.75) is 13.8 Å². The minimum atomic E-state index is -0.430. The summed E-state index contributed by atoms with van der Waals surface area (Å²) in [4.78, 5) is 17.2. The highest BCUT2D eigenvalue weighted by Crippen LogP contribution is 2.27. The van der Waals surface area contributed by atoms with Gasteiger partial charge in [0, 0.05) is 20.4 Å². The fourth-order valence-electron chi connectivity index (χ4n) is 3.59. The molecule has 1 amide bonds. The molecule has 8 heteroatoms. The molecule has 2 aromatic heterocycles. The van der Waals surface area contributed by atoms with Crippen molar-refractivity contribution in [3.63, 3.8) is 0 Å². The summed E-state index contributed by atoms with van der Waals surface area (Å²) in [6.07, 6.45) is 0. The summed E-state index contributed by atoms with van der Waals surface area (Å²) in [7, 11) is 0. The first-order chi connectivity index (χ1) is 16.9. The number of fused-ring (bicyclic) bond motifs is 1. The lowest BCUT2D eigenvalue weighted by Crippen LogP contribution is -2.33. The minimum absolute atomic E-state index is 0.153. The number of nitrogens with one attached hydrogen (secondary N) is 2. The van der Waals surface area contributed by atoms with Crippen LogP contribution in [0.1, 0.15) is 21.7 Å². The van der Waals surface area contributed by atoms with Gasteiger partial charge in [-0.25, -0.2) is 4.98 Å². The van der Waals surface area contributed by atoms with Gasteiger partial charge >= 0.3 is 0 Å². The highest BCUT2D eigenvalue weighted by atomic mass is 127. The first kappa shape index (κ1) is 23.3. The second-order valence-electron chi connectivity index (χ2n) is 8.08. The number of hydrogen-bond donors (Lipinski definition) is 2. The van der Waals surface area contributed by atoms with Gasteiger partial charge in [-0.05, 0) is 114 Å². The van der Waals surface area contributed by atoms with E-state index in [1.54, 1.807) is 12.1 Å². The van der Waals surface area contributed by atoms with Crippen LogP contribution in [0, 0.1) is 17.4 Å². The van der Waals surface area contributed by atoms with Crippen LogP contribution in [0.25, 0.3) is 33.9 Å². The Morgan fingerprint density at radius 3 is 2.57 bits per heavy atom. The molecule has 5 rings (SSSR count). The number of amides is 1. The largest absolute Gasteiger partial charge is 0.451 e. The fourth-order valence-corrected chi connectivity index (χ4v) is 4.34. The Morgan fingerprint density at radius 2 is 1.77 bits per heavy atom. The van der Waals surface area contributed by atoms with Crippen molar-refractivity contribution in [1.29, 1.82) is 0 Å². The molecular formula is C27H20IN3O3S. The third-order valence-corrected chi connectivity index (χ3v) is 6.44. The molecule has 0 saturated heterocycles. The lowest BCUT2D eigenvalue weighted by atomic mass is 10.1. The van der Waals surface area contributed by atoms with Crippen LogP contribution in [0.2, 0.25) is 0 Å². The Morgan fingerprint density at radius 1 is 0.914 bits per heavy atom. The quantitative estimate of drug-likeness (QED) is 0.171. The van der Waals surface area contributed by atoms with Gasteiger partial charge in [0.2, 0.25) is 5.89 Å². The number of aryl methyl sites for hydroxylation is 2. The van der Waals surface area contributed by atoms with Crippen LogP contribution >= 0.6 is 34.8 Å². The summed E-state index contributed by atoms with van der Waals surface area (Å²) in [5, 5.41) is 5.83. The smallest absolute Gasteiger partial charge is 0.293 e. The number of aromatic nitrogens is 1. The molecular weight excluding hydrogens is 573 g/mol. The van der Waals surface area contributed by atoms with E-state index in [2.05, 4.69) is 45.1 Å². The monoisotopic (exact) mass is 593 g/mol. The molecule has 0 fully saturated rings. The van der Waals surface area contributed by atoms with Crippen LogP contribution in [-0.4, -0.2) is 16.0 Å². The lowest BCUT2D eigenvalue weighted by Gasteiger charge is -2.08.